The summed E-state index contributed by atoms with van der Waals surface area (Å²) in [7, 11) is 0. The van der Waals surface area contributed by atoms with E-state index in [4.69, 9.17) is 0 Å². The summed E-state index contributed by atoms with van der Waals surface area (Å²) >= 11 is 1.59. The molecule has 2 heterocycles. The molecular weight excluding hydrogens is 258 g/mol. The molecule has 0 fully saturated rings. The van der Waals surface area contributed by atoms with Crippen molar-refractivity contribution in [1.29, 1.82) is 0 Å². The fraction of sp³-hybridized carbons (Fsp3) is 0.214. The van der Waals surface area contributed by atoms with Gasteiger partial charge in [0.15, 0.2) is 0 Å². The molecule has 0 atom stereocenters. The lowest BCUT2D eigenvalue weighted by Crippen LogP contribution is -2.11. The molecule has 0 aliphatic rings. The summed E-state index contributed by atoms with van der Waals surface area (Å²) in [6.07, 6.45) is 2.47. The summed E-state index contributed by atoms with van der Waals surface area (Å²) < 4.78 is 2.80. The zero-order valence-corrected chi connectivity index (χ0v) is 11.4. The van der Waals surface area contributed by atoms with Crippen LogP contribution in [0.5, 0.6) is 0 Å². The van der Waals surface area contributed by atoms with Crippen LogP contribution in [0.4, 0.5) is 0 Å². The van der Waals surface area contributed by atoms with E-state index in [9.17, 15) is 4.79 Å². The molecule has 0 saturated carbocycles. The Hall–Kier alpha value is -2.01. The van der Waals surface area contributed by atoms with Gasteiger partial charge in [-0.1, -0.05) is 30.3 Å². The van der Waals surface area contributed by atoms with Crippen LogP contribution >= 0.6 is 11.3 Å². The maximum Gasteiger partial charge on any atom is 0.214 e. The standard InChI is InChI=1S/C14H13N3OS/c1-2-7-17-12(8-15-16-17)14(18)11-9-19-13-6-4-3-5-10(11)13/h3-6,8-9H,2,7H2,1H3. The van der Waals surface area contributed by atoms with Crippen LogP contribution < -0.4 is 0 Å². The van der Waals surface area contributed by atoms with E-state index in [0.717, 1.165) is 22.1 Å². The van der Waals surface area contributed by atoms with Crippen LogP contribution in [-0.4, -0.2) is 20.8 Å². The minimum Gasteiger partial charge on any atom is -0.287 e. The highest BCUT2D eigenvalue weighted by Crippen LogP contribution is 2.27. The average molecular weight is 271 g/mol. The van der Waals surface area contributed by atoms with E-state index in [1.165, 1.54) is 0 Å². The van der Waals surface area contributed by atoms with Gasteiger partial charge in [0.1, 0.15) is 5.69 Å². The van der Waals surface area contributed by atoms with Crippen LogP contribution in [0.2, 0.25) is 0 Å². The first kappa shape index (κ1) is 12.0. The highest BCUT2D eigenvalue weighted by molar-refractivity contribution is 7.17. The predicted molar refractivity (Wildman–Crippen MR) is 75.6 cm³/mol. The van der Waals surface area contributed by atoms with Gasteiger partial charge in [-0.3, -0.25) is 4.79 Å². The number of aromatic nitrogens is 3. The van der Waals surface area contributed by atoms with Crippen molar-refractivity contribution in [1.82, 2.24) is 15.0 Å². The van der Waals surface area contributed by atoms with Crippen LogP contribution in [0.3, 0.4) is 0 Å². The molecule has 1 aromatic carbocycles. The maximum absolute atomic E-state index is 12.6. The van der Waals surface area contributed by atoms with Gasteiger partial charge in [-0.25, -0.2) is 4.68 Å². The largest absolute Gasteiger partial charge is 0.287 e. The molecule has 0 aliphatic heterocycles. The lowest BCUT2D eigenvalue weighted by atomic mass is 10.1. The van der Waals surface area contributed by atoms with Crippen molar-refractivity contribution in [2.75, 3.05) is 0 Å². The Bertz CT molecular complexity index is 729. The molecule has 3 aromatic rings. The summed E-state index contributed by atoms with van der Waals surface area (Å²) in [6.45, 7) is 2.76. The minimum atomic E-state index is -0.00380. The second kappa shape index (κ2) is 4.93. The molecule has 0 unspecified atom stereocenters. The molecule has 4 nitrogen and oxygen atoms in total. The lowest BCUT2D eigenvalue weighted by molar-refractivity contribution is 0.103. The van der Waals surface area contributed by atoms with Gasteiger partial charge in [0.05, 0.1) is 6.20 Å². The molecule has 19 heavy (non-hydrogen) atoms. The quantitative estimate of drug-likeness (QED) is 0.685. The monoisotopic (exact) mass is 271 g/mol. The summed E-state index contributed by atoms with van der Waals surface area (Å²) in [6, 6.07) is 7.94. The van der Waals surface area contributed by atoms with Gasteiger partial charge < -0.3 is 0 Å². The number of fused-ring (bicyclic) bond motifs is 1. The van der Waals surface area contributed by atoms with Crippen LogP contribution in [0.1, 0.15) is 29.4 Å². The Morgan fingerprint density at radius 1 is 1.37 bits per heavy atom. The molecule has 0 radical (unpaired) electrons. The first-order chi connectivity index (χ1) is 9.31. The molecule has 2 aromatic heterocycles. The number of hydrogen-bond acceptors (Lipinski definition) is 4. The SMILES string of the molecule is CCCn1nncc1C(=O)c1csc2ccccc12. The Morgan fingerprint density at radius 2 is 2.21 bits per heavy atom. The molecule has 96 valence electrons. The second-order valence-corrected chi connectivity index (χ2v) is 5.23. The van der Waals surface area contributed by atoms with Crippen molar-refractivity contribution in [2.45, 2.75) is 19.9 Å². The van der Waals surface area contributed by atoms with Crippen molar-refractivity contribution in [3.63, 3.8) is 0 Å². The number of rotatable bonds is 4. The van der Waals surface area contributed by atoms with Crippen molar-refractivity contribution < 1.29 is 4.79 Å². The van der Waals surface area contributed by atoms with Crippen molar-refractivity contribution >= 4 is 27.2 Å². The first-order valence-corrected chi connectivity index (χ1v) is 7.08. The van der Waals surface area contributed by atoms with Crippen molar-refractivity contribution in [3.05, 3.63) is 47.1 Å². The molecule has 0 spiro atoms. The third-order valence-corrected chi connectivity index (χ3v) is 3.97. The number of carbonyl (C=O) groups excluding carboxylic acids is 1. The lowest BCUT2D eigenvalue weighted by Gasteiger charge is -2.03. The van der Waals surface area contributed by atoms with E-state index in [2.05, 4.69) is 17.2 Å². The van der Waals surface area contributed by atoms with Gasteiger partial charge in [0.2, 0.25) is 5.78 Å². The van der Waals surface area contributed by atoms with Gasteiger partial charge in [-0.05, 0) is 12.5 Å². The molecule has 0 bridgehead atoms. The van der Waals surface area contributed by atoms with E-state index in [0.29, 0.717) is 12.2 Å². The number of carbonyl (C=O) groups is 1. The molecule has 3 rings (SSSR count). The Balaban J connectivity index is 2.06. The summed E-state index contributed by atoms with van der Waals surface area (Å²) in [5.74, 6) is -0.00380. The number of nitrogens with zero attached hydrogens (tertiary/aromatic N) is 3. The number of benzene rings is 1. The van der Waals surface area contributed by atoms with Gasteiger partial charge in [0.25, 0.3) is 0 Å². The van der Waals surface area contributed by atoms with E-state index in [1.54, 1.807) is 22.2 Å². The molecular formula is C14H13N3OS. The maximum atomic E-state index is 12.6. The molecule has 5 heteroatoms. The minimum absolute atomic E-state index is 0.00380. The average Bonchev–Trinajstić information content (AvgIpc) is 3.04. The zero-order valence-electron chi connectivity index (χ0n) is 10.5. The molecule has 0 saturated heterocycles. The van der Waals surface area contributed by atoms with Crippen molar-refractivity contribution in [3.8, 4) is 0 Å². The topological polar surface area (TPSA) is 47.8 Å². The molecule has 0 N–H and O–H groups in total. The second-order valence-electron chi connectivity index (χ2n) is 4.32. The fourth-order valence-corrected chi connectivity index (χ4v) is 3.04. The Morgan fingerprint density at radius 3 is 3.05 bits per heavy atom. The van der Waals surface area contributed by atoms with Gasteiger partial charge >= 0.3 is 0 Å². The van der Waals surface area contributed by atoms with Gasteiger partial charge in [0, 0.05) is 27.6 Å². The van der Waals surface area contributed by atoms with Crippen LogP contribution in [0.25, 0.3) is 10.1 Å². The highest BCUT2D eigenvalue weighted by Gasteiger charge is 2.18. The van der Waals surface area contributed by atoms with E-state index >= 15 is 0 Å². The number of thiophene rings is 1. The summed E-state index contributed by atoms with van der Waals surface area (Å²) in [4.78, 5) is 12.6. The summed E-state index contributed by atoms with van der Waals surface area (Å²) in [5.41, 5.74) is 1.30. The van der Waals surface area contributed by atoms with Crippen LogP contribution in [-0.2, 0) is 6.54 Å². The molecule has 0 amide bonds. The first-order valence-electron chi connectivity index (χ1n) is 6.20. The normalized spacial score (nSPS) is 11.0. The Kier molecular flexibility index (Phi) is 3.13. The van der Waals surface area contributed by atoms with Crippen molar-refractivity contribution in [2.24, 2.45) is 0 Å². The Labute approximate surface area is 114 Å². The number of hydrogen-bond donors (Lipinski definition) is 0. The van der Waals surface area contributed by atoms with E-state index < -0.39 is 0 Å². The third-order valence-electron chi connectivity index (χ3n) is 3.01. The summed E-state index contributed by atoms with van der Waals surface area (Å²) in [5, 5.41) is 10.7. The van der Waals surface area contributed by atoms with Crippen LogP contribution in [0.15, 0.2) is 35.8 Å². The number of aryl methyl sites for hydroxylation is 1. The predicted octanol–water partition coefficient (Wildman–Crippen LogP) is 3.13. The fourth-order valence-electron chi connectivity index (χ4n) is 2.10. The van der Waals surface area contributed by atoms with Crippen LogP contribution in [0, 0.1) is 0 Å². The van der Waals surface area contributed by atoms with Gasteiger partial charge in [-0.15, -0.1) is 16.4 Å². The van der Waals surface area contributed by atoms with E-state index in [-0.39, 0.29) is 5.78 Å². The third kappa shape index (κ3) is 2.06. The van der Waals surface area contributed by atoms with Gasteiger partial charge in [-0.2, -0.15) is 0 Å². The number of ketones is 1. The smallest absolute Gasteiger partial charge is 0.214 e. The molecule has 0 aliphatic carbocycles. The van der Waals surface area contributed by atoms with E-state index in [1.807, 2.05) is 29.6 Å². The highest BCUT2D eigenvalue weighted by atomic mass is 32.1. The zero-order chi connectivity index (χ0) is 13.2.